The van der Waals surface area contributed by atoms with Gasteiger partial charge in [-0.05, 0) is 35.9 Å². The van der Waals surface area contributed by atoms with Crippen molar-refractivity contribution in [2.45, 2.75) is 0 Å². The van der Waals surface area contributed by atoms with E-state index in [-0.39, 0.29) is 17.4 Å². The van der Waals surface area contributed by atoms with Gasteiger partial charge in [0.05, 0.1) is 18.3 Å². The van der Waals surface area contributed by atoms with Gasteiger partial charge in [0.1, 0.15) is 10.8 Å². The zero-order chi connectivity index (χ0) is 17.5. The lowest BCUT2D eigenvalue weighted by Gasteiger charge is -2.07. The number of methoxy groups -OCH3 is 1. The first kappa shape index (κ1) is 17.9. The molecule has 0 aliphatic rings. The van der Waals surface area contributed by atoms with Gasteiger partial charge in [0.25, 0.3) is 5.91 Å². The van der Waals surface area contributed by atoms with Crippen molar-refractivity contribution in [3.63, 3.8) is 0 Å². The second-order valence-corrected chi connectivity index (χ2v) is 5.35. The van der Waals surface area contributed by atoms with Crippen molar-refractivity contribution < 1.29 is 19.4 Å². The molecule has 0 spiro atoms. The first-order valence-electron chi connectivity index (χ1n) is 6.77. The number of amides is 1. The van der Waals surface area contributed by atoms with Crippen LogP contribution in [0.15, 0.2) is 41.5 Å². The molecule has 0 aliphatic heterocycles. The van der Waals surface area contributed by atoms with Gasteiger partial charge in [-0.25, -0.2) is 5.43 Å². The van der Waals surface area contributed by atoms with Gasteiger partial charge in [0.15, 0.2) is 18.1 Å². The van der Waals surface area contributed by atoms with Crippen LogP contribution in [0.1, 0.15) is 5.56 Å². The summed E-state index contributed by atoms with van der Waals surface area (Å²) in [5.74, 6) is 0.175. The fraction of sp³-hybridized carbons (Fsp3) is 0.125. The number of halogens is 2. The number of hydrogen-bond donors (Lipinski definition) is 2. The van der Waals surface area contributed by atoms with Crippen molar-refractivity contribution in [3.05, 3.63) is 52.0 Å². The van der Waals surface area contributed by atoms with E-state index in [2.05, 4.69) is 10.5 Å². The molecule has 0 unspecified atom stereocenters. The number of carbonyl (C=O) groups is 1. The van der Waals surface area contributed by atoms with Crippen LogP contribution in [0.25, 0.3) is 0 Å². The molecule has 0 heterocycles. The lowest BCUT2D eigenvalue weighted by atomic mass is 10.2. The number of phenolic OH excluding ortho intramolecular Hbond substituents is 1. The molecule has 0 fully saturated rings. The number of rotatable bonds is 6. The zero-order valence-corrected chi connectivity index (χ0v) is 14.1. The summed E-state index contributed by atoms with van der Waals surface area (Å²) in [6.07, 6.45) is 1.41. The maximum Gasteiger partial charge on any atom is 0.277 e. The Labute approximate surface area is 148 Å². The summed E-state index contributed by atoms with van der Waals surface area (Å²) in [5, 5.41) is 13.9. The van der Waals surface area contributed by atoms with Gasteiger partial charge in [-0.2, -0.15) is 5.10 Å². The molecule has 0 aromatic heterocycles. The number of hydrazone groups is 1. The molecule has 24 heavy (non-hydrogen) atoms. The van der Waals surface area contributed by atoms with Gasteiger partial charge in [-0.15, -0.1) is 0 Å². The number of aromatic hydroxyl groups is 1. The van der Waals surface area contributed by atoms with Crippen molar-refractivity contribution in [2.24, 2.45) is 5.10 Å². The fourth-order valence-electron chi connectivity index (χ4n) is 1.72. The van der Waals surface area contributed by atoms with E-state index in [0.717, 1.165) is 0 Å². The molecule has 0 aliphatic carbocycles. The maximum atomic E-state index is 11.7. The van der Waals surface area contributed by atoms with Gasteiger partial charge in [0.2, 0.25) is 0 Å². The summed E-state index contributed by atoms with van der Waals surface area (Å²) in [4.78, 5) is 11.7. The third-order valence-electron chi connectivity index (χ3n) is 2.88. The molecule has 0 saturated heterocycles. The molecule has 2 rings (SSSR count). The summed E-state index contributed by atoms with van der Waals surface area (Å²) in [6, 6.07) is 9.55. The van der Waals surface area contributed by atoms with Crippen LogP contribution < -0.4 is 14.9 Å². The van der Waals surface area contributed by atoms with Crippen LogP contribution in [0.3, 0.4) is 0 Å². The molecule has 0 atom stereocenters. The van der Waals surface area contributed by atoms with Gasteiger partial charge in [-0.1, -0.05) is 29.3 Å². The summed E-state index contributed by atoms with van der Waals surface area (Å²) < 4.78 is 10.3. The highest BCUT2D eigenvalue weighted by molar-refractivity contribution is 6.42. The molecule has 1 amide bonds. The lowest BCUT2D eigenvalue weighted by molar-refractivity contribution is -0.123. The monoisotopic (exact) mass is 368 g/mol. The van der Waals surface area contributed by atoms with Gasteiger partial charge >= 0.3 is 0 Å². The largest absolute Gasteiger partial charge is 0.504 e. The number of hydrogen-bond acceptors (Lipinski definition) is 5. The Hall–Kier alpha value is -2.44. The minimum absolute atomic E-state index is 0.0190. The van der Waals surface area contributed by atoms with Gasteiger partial charge in [0, 0.05) is 0 Å². The van der Waals surface area contributed by atoms with Crippen LogP contribution in [-0.2, 0) is 4.79 Å². The number of nitrogens with one attached hydrogen (secondary N) is 1. The third-order valence-corrected chi connectivity index (χ3v) is 3.68. The zero-order valence-electron chi connectivity index (χ0n) is 12.6. The summed E-state index contributed by atoms with van der Waals surface area (Å²) in [6.45, 7) is -0.268. The topological polar surface area (TPSA) is 80.2 Å². The Morgan fingerprint density at radius 2 is 2.08 bits per heavy atom. The Morgan fingerprint density at radius 1 is 1.29 bits per heavy atom. The van der Waals surface area contributed by atoms with E-state index in [1.54, 1.807) is 30.3 Å². The van der Waals surface area contributed by atoms with E-state index < -0.39 is 5.91 Å². The third kappa shape index (κ3) is 4.78. The van der Waals surface area contributed by atoms with Gasteiger partial charge in [-0.3, -0.25) is 4.79 Å². The molecule has 126 valence electrons. The maximum absolute atomic E-state index is 11.7. The van der Waals surface area contributed by atoms with Gasteiger partial charge < -0.3 is 14.6 Å². The molecule has 2 aromatic rings. The number of nitrogens with zero attached hydrogens (tertiary/aromatic N) is 1. The quantitative estimate of drug-likeness (QED) is 0.605. The van der Waals surface area contributed by atoms with E-state index in [1.807, 2.05) is 0 Å². The van der Waals surface area contributed by atoms with Crippen LogP contribution >= 0.6 is 23.2 Å². The Kier molecular flexibility index (Phi) is 6.28. The summed E-state index contributed by atoms with van der Waals surface area (Å²) in [5.41, 5.74) is 2.96. The molecule has 0 saturated carbocycles. The lowest BCUT2D eigenvalue weighted by Crippen LogP contribution is -2.24. The average Bonchev–Trinajstić information content (AvgIpc) is 2.57. The first-order chi connectivity index (χ1) is 11.5. The molecule has 0 bridgehead atoms. The first-order valence-corrected chi connectivity index (χ1v) is 7.52. The van der Waals surface area contributed by atoms with Crippen LogP contribution in [0.5, 0.6) is 17.2 Å². The predicted molar refractivity (Wildman–Crippen MR) is 92.4 cm³/mol. The Morgan fingerprint density at radius 3 is 2.83 bits per heavy atom. The molecular formula is C16H14Cl2N2O4. The van der Waals surface area contributed by atoms with Crippen LogP contribution in [0.2, 0.25) is 10.0 Å². The summed E-state index contributed by atoms with van der Waals surface area (Å²) >= 11 is 11.8. The highest BCUT2D eigenvalue weighted by atomic mass is 35.5. The fourth-order valence-corrected chi connectivity index (χ4v) is 2.07. The molecular weight excluding hydrogens is 355 g/mol. The smallest absolute Gasteiger partial charge is 0.277 e. The Balaban J connectivity index is 1.88. The van der Waals surface area contributed by atoms with Crippen LogP contribution in [0, 0.1) is 0 Å². The molecule has 0 radical (unpaired) electrons. The SMILES string of the molecule is COc1cc(C=NNC(=O)COc2cccc(Cl)c2Cl)ccc1O. The van der Waals surface area contributed by atoms with Crippen LogP contribution in [-0.4, -0.2) is 30.9 Å². The normalized spacial score (nSPS) is 10.6. The highest BCUT2D eigenvalue weighted by Crippen LogP contribution is 2.31. The highest BCUT2D eigenvalue weighted by Gasteiger charge is 2.07. The van der Waals surface area contributed by atoms with E-state index in [4.69, 9.17) is 32.7 Å². The predicted octanol–water partition coefficient (Wildman–Crippen LogP) is 3.24. The van der Waals surface area contributed by atoms with Crippen LogP contribution in [0.4, 0.5) is 0 Å². The van der Waals surface area contributed by atoms with E-state index in [0.29, 0.717) is 22.1 Å². The number of benzene rings is 2. The van der Waals surface area contributed by atoms with Crippen molar-refractivity contribution in [1.82, 2.24) is 5.43 Å². The number of ether oxygens (including phenoxy) is 2. The average molecular weight is 369 g/mol. The van der Waals surface area contributed by atoms with Crippen molar-refractivity contribution in [1.29, 1.82) is 0 Å². The minimum Gasteiger partial charge on any atom is -0.504 e. The van der Waals surface area contributed by atoms with E-state index >= 15 is 0 Å². The number of carbonyl (C=O) groups excluding carboxylic acids is 1. The minimum atomic E-state index is -0.465. The molecule has 6 nitrogen and oxygen atoms in total. The van der Waals surface area contributed by atoms with E-state index in [1.165, 1.54) is 19.4 Å². The van der Waals surface area contributed by atoms with Crippen molar-refractivity contribution in [3.8, 4) is 17.2 Å². The second-order valence-electron chi connectivity index (χ2n) is 4.57. The summed E-state index contributed by atoms with van der Waals surface area (Å²) in [7, 11) is 1.44. The molecule has 2 N–H and O–H groups in total. The van der Waals surface area contributed by atoms with Crippen molar-refractivity contribution >= 4 is 35.3 Å². The molecule has 8 heteroatoms. The molecule has 2 aromatic carbocycles. The second kappa shape index (κ2) is 8.42. The number of phenols is 1. The standard InChI is InChI=1S/C16H14Cl2N2O4/c1-23-14-7-10(5-6-12(14)21)8-19-20-15(22)9-24-13-4-2-3-11(17)16(13)18/h2-8,21H,9H2,1H3,(H,20,22). The van der Waals surface area contributed by atoms with Crippen molar-refractivity contribution in [2.75, 3.05) is 13.7 Å². The van der Waals surface area contributed by atoms with E-state index in [9.17, 15) is 9.90 Å². The Bertz CT molecular complexity index is 766.